The Morgan fingerprint density at radius 3 is 2.92 bits per heavy atom. The Labute approximate surface area is 79.7 Å². The van der Waals surface area contributed by atoms with Crippen molar-refractivity contribution >= 4 is 36.0 Å². The van der Waals surface area contributed by atoms with Crippen molar-refractivity contribution in [1.29, 1.82) is 0 Å². The first-order valence-electron chi connectivity index (χ1n) is 3.41. The lowest BCUT2D eigenvalue weighted by molar-refractivity contribution is 0.0607. The van der Waals surface area contributed by atoms with Gasteiger partial charge in [0.1, 0.15) is 11.4 Å². The number of carbonyl (C=O) groups is 1. The molecule has 1 rings (SSSR count). The summed E-state index contributed by atoms with van der Waals surface area (Å²) in [5.74, 6) is -0.451. The third-order valence-corrected chi connectivity index (χ3v) is 2.25. The zero-order valence-corrected chi connectivity index (χ0v) is 7.93. The summed E-state index contributed by atoms with van der Waals surface area (Å²) in [6, 6.07) is 0. The lowest BCUT2D eigenvalue weighted by atomic mass is 10.3. The highest BCUT2D eigenvalue weighted by atomic mass is 32.1. The molecule has 13 heavy (non-hydrogen) atoms. The second kappa shape index (κ2) is 3.95. The van der Waals surface area contributed by atoms with Crippen LogP contribution < -0.4 is 0 Å². The Morgan fingerprint density at radius 1 is 1.77 bits per heavy atom. The summed E-state index contributed by atoms with van der Waals surface area (Å²) in [4.78, 5) is 15.2. The fourth-order valence-electron chi connectivity index (χ4n) is 0.811. The molecule has 1 aromatic heterocycles. The summed E-state index contributed by atoms with van der Waals surface area (Å²) in [6.45, 7) is 6.89. The Bertz CT molecular complexity index is 357. The van der Waals surface area contributed by atoms with Gasteiger partial charge >= 0.3 is 5.97 Å². The van der Waals surface area contributed by atoms with Gasteiger partial charge in [0.15, 0.2) is 4.88 Å². The fraction of sp³-hybridized carbons (Fsp3) is 0.125. The number of rotatable bonds is 3. The zero-order chi connectivity index (χ0) is 9.84. The molecule has 0 unspecified atom stereocenters. The third-order valence-electron chi connectivity index (χ3n) is 1.42. The summed E-state index contributed by atoms with van der Waals surface area (Å²) in [7, 11) is 1.31. The van der Waals surface area contributed by atoms with E-state index in [0.717, 1.165) is 11.5 Å². The molecule has 0 fully saturated rings. The summed E-state index contributed by atoms with van der Waals surface area (Å²) >= 11 is 1.03. The molecule has 0 aromatic carbocycles. The van der Waals surface area contributed by atoms with Gasteiger partial charge in [0.25, 0.3) is 0 Å². The van der Waals surface area contributed by atoms with Crippen LogP contribution in [0.1, 0.15) is 15.4 Å². The fourth-order valence-corrected chi connectivity index (χ4v) is 1.58. The molecule has 0 N–H and O–H groups in total. The molecule has 0 radical (unpaired) electrons. The number of esters is 1. The standard InChI is InChI=1S/C8H8N2O2S/c1-4-5-6(9-2)7(13-10-5)8(11)12-3/h4H,1-2H2,3H3. The van der Waals surface area contributed by atoms with Gasteiger partial charge in [0.05, 0.1) is 7.11 Å². The van der Waals surface area contributed by atoms with Crippen LogP contribution in [0, 0.1) is 0 Å². The third kappa shape index (κ3) is 1.65. The minimum Gasteiger partial charge on any atom is -0.465 e. The Kier molecular flexibility index (Phi) is 2.92. The van der Waals surface area contributed by atoms with E-state index in [-0.39, 0.29) is 0 Å². The molecule has 0 aliphatic carbocycles. The summed E-state index contributed by atoms with van der Waals surface area (Å²) in [5, 5.41) is 0. The van der Waals surface area contributed by atoms with Crippen LogP contribution in [0.2, 0.25) is 0 Å². The van der Waals surface area contributed by atoms with E-state index in [1.807, 2.05) is 0 Å². The highest BCUT2D eigenvalue weighted by molar-refractivity contribution is 7.08. The van der Waals surface area contributed by atoms with Crippen LogP contribution in [-0.4, -0.2) is 24.2 Å². The van der Waals surface area contributed by atoms with Crippen LogP contribution in [-0.2, 0) is 4.74 Å². The summed E-state index contributed by atoms with van der Waals surface area (Å²) in [5.41, 5.74) is 0.993. The van der Waals surface area contributed by atoms with E-state index in [1.165, 1.54) is 13.2 Å². The SMILES string of the molecule is C=Cc1nsc(C(=O)OC)c1N=C. The minimum absolute atomic E-state index is 0.354. The molecule has 0 spiro atoms. The van der Waals surface area contributed by atoms with E-state index in [1.54, 1.807) is 0 Å². The Morgan fingerprint density at radius 2 is 2.46 bits per heavy atom. The maximum Gasteiger partial charge on any atom is 0.351 e. The molecule has 0 saturated heterocycles. The average Bonchev–Trinajstić information content (AvgIpc) is 2.58. The number of carbonyl (C=O) groups excluding carboxylic acids is 1. The van der Waals surface area contributed by atoms with Crippen LogP contribution in [0.4, 0.5) is 5.69 Å². The summed E-state index contributed by atoms with van der Waals surface area (Å²) < 4.78 is 8.51. The molecule has 1 heterocycles. The van der Waals surface area contributed by atoms with E-state index in [9.17, 15) is 4.79 Å². The van der Waals surface area contributed by atoms with Crippen LogP contribution >= 0.6 is 11.5 Å². The molecule has 0 bridgehead atoms. The molecule has 0 aliphatic rings. The number of hydrogen-bond donors (Lipinski definition) is 0. The van der Waals surface area contributed by atoms with Crippen molar-refractivity contribution in [3.8, 4) is 0 Å². The van der Waals surface area contributed by atoms with E-state index >= 15 is 0 Å². The van der Waals surface area contributed by atoms with Gasteiger partial charge in [-0.3, -0.25) is 4.99 Å². The average molecular weight is 196 g/mol. The molecule has 0 atom stereocenters. The summed E-state index contributed by atoms with van der Waals surface area (Å²) in [6.07, 6.45) is 1.52. The van der Waals surface area contributed by atoms with Crippen molar-refractivity contribution in [2.24, 2.45) is 4.99 Å². The van der Waals surface area contributed by atoms with Crippen LogP contribution in [0.3, 0.4) is 0 Å². The zero-order valence-electron chi connectivity index (χ0n) is 7.11. The lowest BCUT2D eigenvalue weighted by Gasteiger charge is -1.95. The van der Waals surface area contributed by atoms with Gasteiger partial charge in [-0.05, 0) is 24.3 Å². The molecule has 0 saturated carbocycles. The number of ether oxygens (including phenoxy) is 1. The first kappa shape index (κ1) is 9.60. The number of aliphatic imine (C=N–C) groups is 1. The second-order valence-electron chi connectivity index (χ2n) is 2.10. The molecule has 4 nitrogen and oxygen atoms in total. The molecular formula is C8H8N2O2S. The van der Waals surface area contributed by atoms with Crippen LogP contribution in [0.15, 0.2) is 11.6 Å². The number of hydrogen-bond acceptors (Lipinski definition) is 5. The van der Waals surface area contributed by atoms with Crippen molar-refractivity contribution < 1.29 is 9.53 Å². The van der Waals surface area contributed by atoms with Crippen LogP contribution in [0.25, 0.3) is 6.08 Å². The highest BCUT2D eigenvalue weighted by Crippen LogP contribution is 2.28. The van der Waals surface area contributed by atoms with Gasteiger partial charge in [-0.2, -0.15) is 4.37 Å². The van der Waals surface area contributed by atoms with Crippen molar-refractivity contribution in [3.05, 3.63) is 17.2 Å². The van der Waals surface area contributed by atoms with Gasteiger partial charge in [-0.1, -0.05) is 6.58 Å². The largest absolute Gasteiger partial charge is 0.465 e. The number of nitrogens with zero attached hydrogens (tertiary/aromatic N) is 2. The number of aromatic nitrogens is 1. The van der Waals surface area contributed by atoms with Crippen LogP contribution in [0.5, 0.6) is 0 Å². The van der Waals surface area contributed by atoms with E-state index in [4.69, 9.17) is 0 Å². The molecule has 68 valence electrons. The maximum atomic E-state index is 11.1. The van der Waals surface area contributed by atoms with Crippen molar-refractivity contribution in [2.45, 2.75) is 0 Å². The van der Waals surface area contributed by atoms with E-state index < -0.39 is 5.97 Å². The predicted molar refractivity (Wildman–Crippen MR) is 52.8 cm³/mol. The maximum absolute atomic E-state index is 11.1. The highest BCUT2D eigenvalue weighted by Gasteiger charge is 2.17. The van der Waals surface area contributed by atoms with Gasteiger partial charge in [-0.25, -0.2) is 4.79 Å². The first-order valence-corrected chi connectivity index (χ1v) is 4.19. The smallest absolute Gasteiger partial charge is 0.351 e. The van der Waals surface area contributed by atoms with Crippen molar-refractivity contribution in [3.63, 3.8) is 0 Å². The molecular weight excluding hydrogens is 188 g/mol. The van der Waals surface area contributed by atoms with Gasteiger partial charge in [0, 0.05) is 0 Å². The second-order valence-corrected chi connectivity index (χ2v) is 2.87. The Hall–Kier alpha value is -1.49. The molecule has 0 aliphatic heterocycles. The van der Waals surface area contributed by atoms with E-state index in [0.29, 0.717) is 16.3 Å². The minimum atomic E-state index is -0.451. The van der Waals surface area contributed by atoms with Crippen molar-refractivity contribution in [1.82, 2.24) is 4.37 Å². The van der Waals surface area contributed by atoms with Gasteiger partial charge in [0.2, 0.25) is 0 Å². The normalized spacial score (nSPS) is 9.31. The monoisotopic (exact) mass is 196 g/mol. The van der Waals surface area contributed by atoms with E-state index in [2.05, 4.69) is 27.4 Å². The molecule has 5 heteroatoms. The first-order chi connectivity index (χ1) is 6.24. The predicted octanol–water partition coefficient (Wildman–Crippen LogP) is 1.90. The van der Waals surface area contributed by atoms with Crippen molar-refractivity contribution in [2.75, 3.05) is 7.11 Å². The quantitative estimate of drug-likeness (QED) is 0.548. The lowest BCUT2D eigenvalue weighted by Crippen LogP contribution is -1.97. The van der Waals surface area contributed by atoms with Gasteiger partial charge < -0.3 is 4.74 Å². The molecule has 0 amide bonds. The Balaban J connectivity index is 3.22. The topological polar surface area (TPSA) is 51.5 Å². The van der Waals surface area contributed by atoms with Gasteiger partial charge in [-0.15, -0.1) is 0 Å². The number of methoxy groups -OCH3 is 1. The molecule has 1 aromatic rings.